The summed E-state index contributed by atoms with van der Waals surface area (Å²) < 4.78 is 15.2. The molecule has 0 aromatic rings. The third kappa shape index (κ3) is 3.89. The Morgan fingerprint density at radius 1 is 1.71 bits per heavy atom. The summed E-state index contributed by atoms with van der Waals surface area (Å²) in [6.45, 7) is 2.21. The molecule has 80 valence electrons. The highest BCUT2D eigenvalue weighted by Gasteiger charge is 2.18. The van der Waals surface area contributed by atoms with Crippen LogP contribution in [0, 0.1) is 0 Å². The molecule has 0 aliphatic carbocycles. The van der Waals surface area contributed by atoms with Crippen LogP contribution in [0.1, 0.15) is 19.8 Å². The third-order valence-electron chi connectivity index (χ3n) is 2.00. The van der Waals surface area contributed by atoms with Crippen molar-refractivity contribution in [3.05, 3.63) is 12.2 Å². The number of ether oxygens (including phenoxy) is 3. The van der Waals surface area contributed by atoms with Crippen LogP contribution < -0.4 is 0 Å². The Hall–Kier alpha value is -0.870. The lowest BCUT2D eigenvalue weighted by atomic mass is 10.1. The molecule has 0 saturated heterocycles. The quantitative estimate of drug-likeness (QED) is 0.495. The van der Waals surface area contributed by atoms with Crippen LogP contribution in [0.3, 0.4) is 0 Å². The molecule has 0 unspecified atom stereocenters. The van der Waals surface area contributed by atoms with Crippen molar-refractivity contribution in [2.75, 3.05) is 13.9 Å². The maximum atomic E-state index is 10.9. The van der Waals surface area contributed by atoms with Crippen LogP contribution in [0.2, 0.25) is 0 Å². The van der Waals surface area contributed by atoms with E-state index in [0.717, 1.165) is 6.42 Å². The van der Waals surface area contributed by atoms with Crippen molar-refractivity contribution in [2.45, 2.75) is 32.0 Å². The lowest BCUT2D eigenvalue weighted by Crippen LogP contribution is -2.25. The van der Waals surface area contributed by atoms with E-state index in [1.807, 2.05) is 13.0 Å². The van der Waals surface area contributed by atoms with Crippen LogP contribution in [0.15, 0.2) is 12.2 Å². The summed E-state index contributed by atoms with van der Waals surface area (Å²) in [5.41, 5.74) is 0. The van der Waals surface area contributed by atoms with Gasteiger partial charge in [-0.3, -0.25) is 0 Å². The molecule has 2 atom stereocenters. The molecule has 1 rings (SSSR count). The standard InChI is InChI=1S/C10H16O4/c1-8(13-7-12-2)6-9-4-3-5-10(11)14-9/h3,5,8-9H,4,6-7H2,1-2H3/t8-,9+/m1/s1. The van der Waals surface area contributed by atoms with Gasteiger partial charge < -0.3 is 14.2 Å². The van der Waals surface area contributed by atoms with Gasteiger partial charge in [0, 0.05) is 26.0 Å². The van der Waals surface area contributed by atoms with E-state index in [-0.39, 0.29) is 25.0 Å². The van der Waals surface area contributed by atoms with Crippen LogP contribution in [0.4, 0.5) is 0 Å². The average molecular weight is 200 g/mol. The highest BCUT2D eigenvalue weighted by Crippen LogP contribution is 2.14. The Kier molecular flexibility index (Phi) is 4.62. The van der Waals surface area contributed by atoms with Gasteiger partial charge in [-0.05, 0) is 6.92 Å². The molecule has 0 aromatic carbocycles. The van der Waals surface area contributed by atoms with E-state index < -0.39 is 0 Å². The Bertz CT molecular complexity index is 212. The largest absolute Gasteiger partial charge is 0.459 e. The number of carbonyl (C=O) groups is 1. The first-order chi connectivity index (χ1) is 6.72. The molecule has 0 fully saturated rings. The molecule has 0 saturated carbocycles. The summed E-state index contributed by atoms with van der Waals surface area (Å²) in [5.74, 6) is -0.264. The van der Waals surface area contributed by atoms with Gasteiger partial charge in [-0.1, -0.05) is 6.08 Å². The second-order valence-electron chi connectivity index (χ2n) is 3.32. The maximum Gasteiger partial charge on any atom is 0.330 e. The van der Waals surface area contributed by atoms with Crippen molar-refractivity contribution in [1.29, 1.82) is 0 Å². The van der Waals surface area contributed by atoms with Crippen molar-refractivity contribution >= 4 is 5.97 Å². The second-order valence-corrected chi connectivity index (χ2v) is 3.32. The zero-order valence-corrected chi connectivity index (χ0v) is 8.56. The lowest BCUT2D eigenvalue weighted by molar-refractivity contribution is -0.147. The first kappa shape index (κ1) is 11.2. The Morgan fingerprint density at radius 3 is 3.14 bits per heavy atom. The number of rotatable bonds is 5. The molecular formula is C10H16O4. The van der Waals surface area contributed by atoms with Crippen molar-refractivity contribution < 1.29 is 19.0 Å². The van der Waals surface area contributed by atoms with Crippen LogP contribution in [-0.2, 0) is 19.0 Å². The normalized spacial score (nSPS) is 23.3. The number of hydrogen-bond acceptors (Lipinski definition) is 4. The zero-order chi connectivity index (χ0) is 10.4. The molecule has 14 heavy (non-hydrogen) atoms. The van der Waals surface area contributed by atoms with Crippen LogP contribution in [0.25, 0.3) is 0 Å². The van der Waals surface area contributed by atoms with Crippen LogP contribution in [-0.4, -0.2) is 32.1 Å². The molecular weight excluding hydrogens is 184 g/mol. The van der Waals surface area contributed by atoms with Crippen molar-refractivity contribution in [3.63, 3.8) is 0 Å². The maximum absolute atomic E-state index is 10.9. The summed E-state index contributed by atoms with van der Waals surface area (Å²) in [6, 6.07) is 0. The fourth-order valence-electron chi connectivity index (χ4n) is 1.33. The van der Waals surface area contributed by atoms with Gasteiger partial charge in [0.1, 0.15) is 12.9 Å². The van der Waals surface area contributed by atoms with Gasteiger partial charge in [0.2, 0.25) is 0 Å². The van der Waals surface area contributed by atoms with Gasteiger partial charge in [-0.2, -0.15) is 0 Å². The van der Waals surface area contributed by atoms with E-state index in [9.17, 15) is 4.79 Å². The van der Waals surface area contributed by atoms with Crippen molar-refractivity contribution in [1.82, 2.24) is 0 Å². The van der Waals surface area contributed by atoms with E-state index >= 15 is 0 Å². The van der Waals surface area contributed by atoms with Gasteiger partial charge in [-0.25, -0.2) is 4.79 Å². The van der Waals surface area contributed by atoms with Gasteiger partial charge in [0.05, 0.1) is 6.10 Å². The first-order valence-electron chi connectivity index (χ1n) is 4.70. The SMILES string of the molecule is COCO[C@H](C)C[C@@H]1CC=CC(=O)O1. The number of methoxy groups -OCH3 is 1. The molecule has 1 aliphatic rings. The smallest absolute Gasteiger partial charge is 0.330 e. The molecule has 0 N–H and O–H groups in total. The third-order valence-corrected chi connectivity index (χ3v) is 2.00. The highest BCUT2D eigenvalue weighted by molar-refractivity contribution is 5.82. The van der Waals surface area contributed by atoms with E-state index in [4.69, 9.17) is 14.2 Å². The summed E-state index contributed by atoms with van der Waals surface area (Å²) in [6.07, 6.45) is 4.75. The highest BCUT2D eigenvalue weighted by atomic mass is 16.7. The van der Waals surface area contributed by atoms with E-state index in [1.165, 1.54) is 6.08 Å². The topological polar surface area (TPSA) is 44.8 Å². The van der Waals surface area contributed by atoms with Gasteiger partial charge in [0.15, 0.2) is 0 Å². The monoisotopic (exact) mass is 200 g/mol. The fourth-order valence-corrected chi connectivity index (χ4v) is 1.33. The van der Waals surface area contributed by atoms with Crippen molar-refractivity contribution in [2.24, 2.45) is 0 Å². The van der Waals surface area contributed by atoms with E-state index in [0.29, 0.717) is 6.42 Å². The summed E-state index contributed by atoms with van der Waals surface area (Å²) >= 11 is 0. The fraction of sp³-hybridized carbons (Fsp3) is 0.700. The van der Waals surface area contributed by atoms with Crippen molar-refractivity contribution in [3.8, 4) is 0 Å². The lowest BCUT2D eigenvalue weighted by Gasteiger charge is -2.21. The van der Waals surface area contributed by atoms with Crippen LogP contribution >= 0.6 is 0 Å². The zero-order valence-electron chi connectivity index (χ0n) is 8.56. The predicted octanol–water partition coefficient (Wildman–Crippen LogP) is 1.26. The predicted molar refractivity (Wildman–Crippen MR) is 50.7 cm³/mol. The second kappa shape index (κ2) is 5.78. The minimum Gasteiger partial charge on any atom is -0.459 e. The molecule has 1 heterocycles. The number of hydrogen-bond donors (Lipinski definition) is 0. The average Bonchev–Trinajstić information content (AvgIpc) is 2.15. The van der Waals surface area contributed by atoms with Gasteiger partial charge in [-0.15, -0.1) is 0 Å². The molecule has 4 heteroatoms. The molecule has 0 amide bonds. The number of esters is 1. The molecule has 0 spiro atoms. The molecule has 0 aromatic heterocycles. The Balaban J connectivity index is 2.23. The molecule has 4 nitrogen and oxygen atoms in total. The Labute approximate surface area is 83.8 Å². The van der Waals surface area contributed by atoms with E-state index in [2.05, 4.69) is 0 Å². The van der Waals surface area contributed by atoms with Gasteiger partial charge >= 0.3 is 5.97 Å². The molecule has 0 radical (unpaired) electrons. The molecule has 1 aliphatic heterocycles. The first-order valence-corrected chi connectivity index (χ1v) is 4.70. The van der Waals surface area contributed by atoms with Crippen LogP contribution in [0.5, 0.6) is 0 Å². The summed E-state index contributed by atoms with van der Waals surface area (Å²) in [4.78, 5) is 10.9. The number of carbonyl (C=O) groups excluding carboxylic acids is 1. The molecule has 0 bridgehead atoms. The minimum atomic E-state index is -0.264. The number of cyclic esters (lactones) is 1. The van der Waals surface area contributed by atoms with Gasteiger partial charge in [0.25, 0.3) is 0 Å². The summed E-state index contributed by atoms with van der Waals surface area (Å²) in [7, 11) is 1.58. The van der Waals surface area contributed by atoms with E-state index in [1.54, 1.807) is 7.11 Å². The summed E-state index contributed by atoms with van der Waals surface area (Å²) in [5, 5.41) is 0. The Morgan fingerprint density at radius 2 is 2.50 bits per heavy atom. The minimum absolute atomic E-state index is 0.0410.